The molecule has 0 aromatic heterocycles. The SMILES string of the molecule is Nc1cc(Nc2ccc(C34CC5CC(CC3C5)C4)cc2Cl)cc(C(F)(F)F)c1. The fourth-order valence-electron chi connectivity index (χ4n) is 6.24. The highest BCUT2D eigenvalue weighted by molar-refractivity contribution is 6.33. The molecule has 0 heterocycles. The lowest BCUT2D eigenvalue weighted by Crippen LogP contribution is -2.27. The summed E-state index contributed by atoms with van der Waals surface area (Å²) in [5.74, 6) is 2.46. The average Bonchev–Trinajstić information content (AvgIpc) is 3.00. The van der Waals surface area contributed by atoms with Crippen molar-refractivity contribution < 1.29 is 13.2 Å². The minimum atomic E-state index is -4.45. The van der Waals surface area contributed by atoms with Crippen LogP contribution in [-0.4, -0.2) is 0 Å². The normalized spacial score (nSPS) is 30.8. The monoisotopic (exact) mass is 406 g/mol. The number of rotatable bonds is 3. The number of alkyl halides is 3. The molecule has 2 atom stereocenters. The summed E-state index contributed by atoms with van der Waals surface area (Å²) in [6, 6.07) is 9.48. The van der Waals surface area contributed by atoms with Crippen molar-refractivity contribution >= 4 is 28.7 Å². The third-order valence-electron chi connectivity index (χ3n) is 7.10. The van der Waals surface area contributed by atoms with Crippen molar-refractivity contribution in [3.8, 4) is 0 Å². The van der Waals surface area contributed by atoms with E-state index in [1.165, 1.54) is 43.7 Å². The van der Waals surface area contributed by atoms with Gasteiger partial charge in [0.1, 0.15) is 0 Å². The molecule has 2 aromatic rings. The standard InChI is InChI=1S/C22H22ClF3N2/c23-19-8-14(21-10-12-3-13(11-21)5-15(21)4-12)1-2-20(19)28-18-7-16(22(24,25)26)6-17(27)9-18/h1-2,6-9,12-13,15,28H,3-5,10-11,27H2. The summed E-state index contributed by atoms with van der Waals surface area (Å²) >= 11 is 6.55. The van der Waals surface area contributed by atoms with E-state index in [1.807, 2.05) is 12.1 Å². The molecule has 2 nitrogen and oxygen atoms in total. The molecule has 2 aromatic carbocycles. The molecular formula is C22H22ClF3N2. The van der Waals surface area contributed by atoms with Crippen LogP contribution in [0.25, 0.3) is 0 Å². The van der Waals surface area contributed by atoms with E-state index in [0.717, 1.165) is 29.9 Å². The third-order valence-corrected chi connectivity index (χ3v) is 7.41. The maximum Gasteiger partial charge on any atom is 0.416 e. The van der Waals surface area contributed by atoms with Gasteiger partial charge in [0, 0.05) is 11.4 Å². The number of benzene rings is 2. The number of nitrogen functional groups attached to an aromatic ring is 1. The second kappa shape index (κ2) is 6.06. The van der Waals surface area contributed by atoms with E-state index in [2.05, 4.69) is 11.4 Å². The molecule has 6 rings (SSSR count). The minimum Gasteiger partial charge on any atom is -0.399 e. The summed E-state index contributed by atoms with van der Waals surface area (Å²) in [5.41, 5.74) is 7.36. The zero-order valence-electron chi connectivity index (χ0n) is 15.3. The highest BCUT2D eigenvalue weighted by Crippen LogP contribution is 2.66. The molecule has 0 aliphatic heterocycles. The minimum absolute atomic E-state index is 0.0583. The van der Waals surface area contributed by atoms with Gasteiger partial charge >= 0.3 is 6.18 Å². The van der Waals surface area contributed by atoms with E-state index in [1.54, 1.807) is 0 Å². The fraction of sp³-hybridized carbons (Fsp3) is 0.455. The maximum absolute atomic E-state index is 13.0. The Balaban J connectivity index is 1.43. The molecule has 148 valence electrons. The highest BCUT2D eigenvalue weighted by Gasteiger charge is 2.58. The summed E-state index contributed by atoms with van der Waals surface area (Å²) in [7, 11) is 0. The number of anilines is 3. The van der Waals surface area contributed by atoms with Gasteiger partial charge in [-0.25, -0.2) is 0 Å². The van der Waals surface area contributed by atoms with Crippen molar-refractivity contribution in [1.82, 2.24) is 0 Å². The van der Waals surface area contributed by atoms with Crippen LogP contribution in [-0.2, 0) is 11.6 Å². The first-order chi connectivity index (χ1) is 13.2. The van der Waals surface area contributed by atoms with Gasteiger partial charge in [0.25, 0.3) is 0 Å². The summed E-state index contributed by atoms with van der Waals surface area (Å²) in [6.45, 7) is 0. The molecule has 0 spiro atoms. The lowest BCUT2D eigenvalue weighted by molar-refractivity contribution is -0.137. The first-order valence-electron chi connectivity index (χ1n) is 9.78. The quantitative estimate of drug-likeness (QED) is 0.552. The van der Waals surface area contributed by atoms with Gasteiger partial charge in [0.05, 0.1) is 16.3 Å². The van der Waals surface area contributed by atoms with Gasteiger partial charge in [0.15, 0.2) is 0 Å². The topological polar surface area (TPSA) is 38.0 Å². The van der Waals surface area contributed by atoms with E-state index in [4.69, 9.17) is 17.3 Å². The molecule has 4 bridgehead atoms. The summed E-state index contributed by atoms with van der Waals surface area (Å²) in [6.07, 6.45) is 2.10. The Morgan fingerprint density at radius 2 is 1.71 bits per heavy atom. The van der Waals surface area contributed by atoms with Gasteiger partial charge in [-0.3, -0.25) is 0 Å². The van der Waals surface area contributed by atoms with Crippen molar-refractivity contribution in [2.24, 2.45) is 17.8 Å². The zero-order chi connectivity index (χ0) is 19.7. The molecule has 6 heteroatoms. The first-order valence-corrected chi connectivity index (χ1v) is 10.2. The molecular weight excluding hydrogens is 385 g/mol. The van der Waals surface area contributed by atoms with Crippen LogP contribution >= 0.6 is 11.6 Å². The van der Waals surface area contributed by atoms with Crippen molar-refractivity contribution in [3.63, 3.8) is 0 Å². The molecule has 4 aliphatic rings. The van der Waals surface area contributed by atoms with Gasteiger partial charge in [-0.2, -0.15) is 13.2 Å². The van der Waals surface area contributed by atoms with Gasteiger partial charge in [-0.1, -0.05) is 17.7 Å². The second-order valence-corrected chi connectivity index (χ2v) is 9.27. The number of nitrogens with two attached hydrogens (primary N) is 1. The van der Waals surface area contributed by atoms with Crippen molar-refractivity contribution in [1.29, 1.82) is 0 Å². The first kappa shape index (κ1) is 18.2. The van der Waals surface area contributed by atoms with Crippen LogP contribution in [0.15, 0.2) is 36.4 Å². The lowest BCUT2D eigenvalue weighted by Gasteiger charge is -2.34. The van der Waals surface area contributed by atoms with Crippen molar-refractivity contribution in [2.75, 3.05) is 11.1 Å². The summed E-state index contributed by atoms with van der Waals surface area (Å²) < 4.78 is 39.1. The smallest absolute Gasteiger partial charge is 0.399 e. The Bertz CT molecular complexity index is 926. The molecule has 4 saturated carbocycles. The Morgan fingerprint density at radius 1 is 1.00 bits per heavy atom. The van der Waals surface area contributed by atoms with Gasteiger partial charge in [-0.05, 0) is 91.2 Å². The number of halogens is 4. The van der Waals surface area contributed by atoms with E-state index in [9.17, 15) is 13.2 Å². The summed E-state index contributed by atoms with van der Waals surface area (Å²) in [4.78, 5) is 0. The van der Waals surface area contributed by atoms with E-state index in [-0.39, 0.29) is 16.8 Å². The van der Waals surface area contributed by atoms with E-state index >= 15 is 0 Å². The Morgan fingerprint density at radius 3 is 2.36 bits per heavy atom. The van der Waals surface area contributed by atoms with Crippen LogP contribution in [0.1, 0.15) is 43.2 Å². The maximum atomic E-state index is 13.0. The predicted octanol–water partition coefficient (Wildman–Crippen LogP) is 6.76. The van der Waals surface area contributed by atoms with Crippen molar-refractivity contribution in [2.45, 2.75) is 43.7 Å². The zero-order valence-corrected chi connectivity index (χ0v) is 16.1. The highest BCUT2D eigenvalue weighted by atomic mass is 35.5. The third kappa shape index (κ3) is 2.86. The average molecular weight is 407 g/mol. The lowest BCUT2D eigenvalue weighted by atomic mass is 9.71. The van der Waals surface area contributed by atoms with Crippen LogP contribution in [0.4, 0.5) is 30.2 Å². The molecule has 0 saturated heterocycles. The Hall–Kier alpha value is -1.88. The van der Waals surface area contributed by atoms with Crippen LogP contribution < -0.4 is 11.1 Å². The molecule has 0 amide bonds. The molecule has 3 N–H and O–H groups in total. The van der Waals surface area contributed by atoms with Crippen LogP contribution in [0.2, 0.25) is 5.02 Å². The van der Waals surface area contributed by atoms with Crippen LogP contribution in [0.5, 0.6) is 0 Å². The molecule has 4 fully saturated rings. The van der Waals surface area contributed by atoms with Crippen molar-refractivity contribution in [3.05, 3.63) is 52.5 Å². The molecule has 2 unspecified atom stereocenters. The molecule has 4 aliphatic carbocycles. The van der Waals surface area contributed by atoms with Crippen LogP contribution in [0.3, 0.4) is 0 Å². The number of hydrogen-bond acceptors (Lipinski definition) is 2. The second-order valence-electron chi connectivity index (χ2n) is 8.86. The fourth-order valence-corrected chi connectivity index (χ4v) is 6.46. The molecule has 28 heavy (non-hydrogen) atoms. The summed E-state index contributed by atoms with van der Waals surface area (Å²) in [5, 5.41) is 3.54. The van der Waals surface area contributed by atoms with E-state index < -0.39 is 11.7 Å². The Labute approximate surface area is 167 Å². The van der Waals surface area contributed by atoms with Crippen LogP contribution in [0, 0.1) is 17.8 Å². The van der Waals surface area contributed by atoms with E-state index in [0.29, 0.717) is 10.7 Å². The predicted molar refractivity (Wildman–Crippen MR) is 106 cm³/mol. The number of hydrogen-bond donors (Lipinski definition) is 2. The largest absolute Gasteiger partial charge is 0.416 e. The Kier molecular flexibility index (Phi) is 3.93. The van der Waals surface area contributed by atoms with Gasteiger partial charge in [-0.15, -0.1) is 0 Å². The van der Waals surface area contributed by atoms with Gasteiger partial charge < -0.3 is 11.1 Å². The number of nitrogens with one attached hydrogen (secondary N) is 1. The molecule has 0 radical (unpaired) electrons. The van der Waals surface area contributed by atoms with Gasteiger partial charge in [0.2, 0.25) is 0 Å².